The number of hydrogen-bond acceptors (Lipinski definition) is 2. The van der Waals surface area contributed by atoms with Crippen LogP contribution in [0.15, 0.2) is 24.3 Å². The minimum Gasteiger partial charge on any atom is -0.494 e. The fraction of sp³-hybridized carbons (Fsp3) is 0.562. The Labute approximate surface area is 110 Å². The maximum Gasteiger partial charge on any atom is 0.163 e. The largest absolute Gasteiger partial charge is 0.494 e. The summed E-state index contributed by atoms with van der Waals surface area (Å²) in [5.74, 6) is 1.47. The lowest BCUT2D eigenvalue weighted by Gasteiger charge is -2.07. The summed E-state index contributed by atoms with van der Waals surface area (Å²) in [4.78, 5) is 11.8. The highest BCUT2D eigenvalue weighted by atomic mass is 16.5. The van der Waals surface area contributed by atoms with Crippen molar-refractivity contribution in [2.24, 2.45) is 5.92 Å². The SMILES string of the molecule is CCCCCOc1ccc(C(=O)CC(C)C)cc1. The fourth-order valence-corrected chi connectivity index (χ4v) is 1.77. The number of benzene rings is 1. The molecule has 0 aliphatic heterocycles. The Balaban J connectivity index is 2.44. The number of ketones is 1. The first-order chi connectivity index (χ1) is 8.63. The third kappa shape index (κ3) is 5.35. The van der Waals surface area contributed by atoms with Crippen LogP contribution in [0.4, 0.5) is 0 Å². The van der Waals surface area contributed by atoms with E-state index in [2.05, 4.69) is 20.8 Å². The minimum absolute atomic E-state index is 0.211. The number of hydrogen-bond donors (Lipinski definition) is 0. The van der Waals surface area contributed by atoms with Crippen LogP contribution in [-0.2, 0) is 0 Å². The fourth-order valence-electron chi connectivity index (χ4n) is 1.77. The maximum absolute atomic E-state index is 11.8. The van der Waals surface area contributed by atoms with Gasteiger partial charge in [0.15, 0.2) is 5.78 Å². The summed E-state index contributed by atoms with van der Waals surface area (Å²) in [6.07, 6.45) is 4.10. The van der Waals surface area contributed by atoms with Crippen LogP contribution >= 0.6 is 0 Å². The molecule has 0 saturated heterocycles. The van der Waals surface area contributed by atoms with E-state index in [1.807, 2.05) is 24.3 Å². The smallest absolute Gasteiger partial charge is 0.163 e. The van der Waals surface area contributed by atoms with Crippen molar-refractivity contribution in [3.05, 3.63) is 29.8 Å². The molecule has 0 N–H and O–H groups in total. The van der Waals surface area contributed by atoms with E-state index in [4.69, 9.17) is 4.74 Å². The van der Waals surface area contributed by atoms with E-state index in [-0.39, 0.29) is 5.78 Å². The molecule has 0 spiro atoms. The summed E-state index contributed by atoms with van der Waals surface area (Å²) >= 11 is 0. The normalized spacial score (nSPS) is 10.7. The van der Waals surface area contributed by atoms with E-state index in [9.17, 15) is 4.79 Å². The van der Waals surface area contributed by atoms with Crippen LogP contribution in [0.5, 0.6) is 5.75 Å². The molecule has 0 radical (unpaired) electrons. The zero-order valence-corrected chi connectivity index (χ0v) is 11.7. The van der Waals surface area contributed by atoms with Crippen molar-refractivity contribution in [2.45, 2.75) is 46.5 Å². The number of Topliss-reactive ketones (excluding diaryl/α,β-unsaturated/α-hetero) is 1. The predicted octanol–water partition coefficient (Wildman–Crippen LogP) is 4.48. The lowest BCUT2D eigenvalue weighted by atomic mass is 10.0. The van der Waals surface area contributed by atoms with Crippen molar-refractivity contribution in [1.29, 1.82) is 0 Å². The van der Waals surface area contributed by atoms with Crippen LogP contribution < -0.4 is 4.74 Å². The Kier molecular flexibility index (Phi) is 6.48. The highest BCUT2D eigenvalue weighted by Crippen LogP contribution is 2.15. The van der Waals surface area contributed by atoms with Crippen LogP contribution in [0.25, 0.3) is 0 Å². The zero-order valence-electron chi connectivity index (χ0n) is 11.7. The third-order valence-corrected chi connectivity index (χ3v) is 2.79. The summed E-state index contributed by atoms with van der Waals surface area (Å²) in [5.41, 5.74) is 0.782. The molecule has 0 aliphatic carbocycles. The van der Waals surface area contributed by atoms with Gasteiger partial charge in [-0.3, -0.25) is 4.79 Å². The van der Waals surface area contributed by atoms with Crippen molar-refractivity contribution in [3.63, 3.8) is 0 Å². The van der Waals surface area contributed by atoms with Crippen LogP contribution in [0.2, 0.25) is 0 Å². The van der Waals surface area contributed by atoms with Gasteiger partial charge in [-0.25, -0.2) is 0 Å². The average molecular weight is 248 g/mol. The lowest BCUT2D eigenvalue weighted by Crippen LogP contribution is -2.03. The molecular formula is C16H24O2. The molecule has 0 heterocycles. The first-order valence-corrected chi connectivity index (χ1v) is 6.89. The number of unbranched alkanes of at least 4 members (excludes halogenated alkanes) is 2. The standard InChI is InChI=1S/C16H24O2/c1-4-5-6-11-18-15-9-7-14(8-10-15)16(17)12-13(2)3/h7-10,13H,4-6,11-12H2,1-3H3. The van der Waals surface area contributed by atoms with Gasteiger partial charge in [-0.05, 0) is 36.6 Å². The monoisotopic (exact) mass is 248 g/mol. The summed E-state index contributed by atoms with van der Waals surface area (Å²) in [6.45, 7) is 7.05. The number of rotatable bonds is 8. The van der Waals surface area contributed by atoms with Crippen molar-refractivity contribution >= 4 is 5.78 Å². The van der Waals surface area contributed by atoms with Gasteiger partial charge < -0.3 is 4.74 Å². The van der Waals surface area contributed by atoms with E-state index in [1.54, 1.807) is 0 Å². The Morgan fingerprint density at radius 2 is 1.83 bits per heavy atom. The van der Waals surface area contributed by atoms with Crippen LogP contribution in [-0.4, -0.2) is 12.4 Å². The van der Waals surface area contributed by atoms with Crippen LogP contribution in [0.3, 0.4) is 0 Å². The van der Waals surface area contributed by atoms with Gasteiger partial charge in [0.2, 0.25) is 0 Å². The quantitative estimate of drug-likeness (QED) is 0.500. The first kappa shape index (κ1) is 14.7. The third-order valence-electron chi connectivity index (χ3n) is 2.79. The van der Waals surface area contributed by atoms with Gasteiger partial charge in [0.1, 0.15) is 5.75 Å². The molecule has 0 fully saturated rings. The Bertz CT molecular complexity index is 352. The summed E-state index contributed by atoms with van der Waals surface area (Å²) in [6, 6.07) is 7.50. The van der Waals surface area contributed by atoms with E-state index in [1.165, 1.54) is 12.8 Å². The number of carbonyl (C=O) groups excluding carboxylic acids is 1. The predicted molar refractivity (Wildman–Crippen MR) is 75.2 cm³/mol. The second kappa shape index (κ2) is 7.91. The highest BCUT2D eigenvalue weighted by molar-refractivity contribution is 5.96. The molecule has 0 saturated carbocycles. The molecule has 0 atom stereocenters. The second-order valence-corrected chi connectivity index (χ2v) is 5.10. The zero-order chi connectivity index (χ0) is 13.4. The minimum atomic E-state index is 0.211. The molecule has 0 bridgehead atoms. The van der Waals surface area contributed by atoms with E-state index < -0.39 is 0 Å². The van der Waals surface area contributed by atoms with Crippen molar-refractivity contribution in [1.82, 2.24) is 0 Å². The topological polar surface area (TPSA) is 26.3 Å². The van der Waals surface area contributed by atoms with Crippen molar-refractivity contribution < 1.29 is 9.53 Å². The summed E-state index contributed by atoms with van der Waals surface area (Å²) in [5, 5.41) is 0. The van der Waals surface area contributed by atoms with Gasteiger partial charge >= 0.3 is 0 Å². The molecule has 0 aromatic heterocycles. The number of ether oxygens (including phenoxy) is 1. The number of carbonyl (C=O) groups is 1. The molecule has 1 rings (SSSR count). The second-order valence-electron chi connectivity index (χ2n) is 5.10. The Morgan fingerprint density at radius 3 is 2.39 bits per heavy atom. The highest BCUT2D eigenvalue weighted by Gasteiger charge is 2.07. The molecule has 100 valence electrons. The maximum atomic E-state index is 11.8. The molecule has 2 nitrogen and oxygen atoms in total. The van der Waals surface area contributed by atoms with Gasteiger partial charge in [-0.15, -0.1) is 0 Å². The molecule has 0 amide bonds. The molecular weight excluding hydrogens is 224 g/mol. The molecule has 0 aliphatic rings. The Hall–Kier alpha value is -1.31. The van der Waals surface area contributed by atoms with Crippen molar-refractivity contribution in [3.8, 4) is 5.75 Å². The van der Waals surface area contributed by atoms with Crippen molar-refractivity contribution in [2.75, 3.05) is 6.61 Å². The van der Waals surface area contributed by atoms with Crippen LogP contribution in [0, 0.1) is 5.92 Å². The van der Waals surface area contributed by atoms with Gasteiger partial charge in [-0.2, -0.15) is 0 Å². The first-order valence-electron chi connectivity index (χ1n) is 6.89. The van der Waals surface area contributed by atoms with E-state index in [0.29, 0.717) is 12.3 Å². The molecule has 18 heavy (non-hydrogen) atoms. The molecule has 2 heteroatoms. The van der Waals surface area contributed by atoms with Gasteiger partial charge in [-0.1, -0.05) is 33.6 Å². The van der Waals surface area contributed by atoms with Crippen LogP contribution in [0.1, 0.15) is 56.8 Å². The molecule has 1 aromatic rings. The van der Waals surface area contributed by atoms with Gasteiger partial charge in [0, 0.05) is 12.0 Å². The molecule has 1 aromatic carbocycles. The Morgan fingerprint density at radius 1 is 1.17 bits per heavy atom. The van der Waals surface area contributed by atoms with E-state index in [0.717, 1.165) is 24.3 Å². The van der Waals surface area contributed by atoms with Gasteiger partial charge in [0.25, 0.3) is 0 Å². The average Bonchev–Trinajstić information content (AvgIpc) is 2.34. The summed E-state index contributed by atoms with van der Waals surface area (Å²) in [7, 11) is 0. The summed E-state index contributed by atoms with van der Waals surface area (Å²) < 4.78 is 5.61. The lowest BCUT2D eigenvalue weighted by molar-refractivity contribution is 0.0968. The van der Waals surface area contributed by atoms with E-state index >= 15 is 0 Å². The van der Waals surface area contributed by atoms with Gasteiger partial charge in [0.05, 0.1) is 6.61 Å². The molecule has 0 unspecified atom stereocenters.